The van der Waals surface area contributed by atoms with Gasteiger partial charge in [-0.15, -0.1) is 12.4 Å². The topological polar surface area (TPSA) is 64.3 Å². The van der Waals surface area contributed by atoms with Crippen molar-refractivity contribution in [1.82, 2.24) is 5.32 Å². The maximum absolute atomic E-state index is 13.6. The van der Waals surface area contributed by atoms with E-state index < -0.39 is 53.0 Å². The first-order valence-electron chi connectivity index (χ1n) is 11.9. The van der Waals surface area contributed by atoms with Crippen LogP contribution in [0.25, 0.3) is 0 Å². The third-order valence-electron chi connectivity index (χ3n) is 7.36. The van der Waals surface area contributed by atoms with E-state index in [1.165, 1.54) is 19.1 Å². The van der Waals surface area contributed by atoms with E-state index in [4.69, 9.17) is 10.5 Å². The average Bonchev–Trinajstić information content (AvgIpc) is 3.32. The van der Waals surface area contributed by atoms with Crippen molar-refractivity contribution in [2.75, 3.05) is 0 Å². The molecule has 0 aromatic heterocycles. The minimum atomic E-state index is -4.97. The lowest BCUT2D eigenvalue weighted by molar-refractivity contribution is -0.143. The first-order valence-corrected chi connectivity index (χ1v) is 11.9. The number of hydrogen-bond donors (Lipinski definition) is 2. The normalized spacial score (nSPS) is 28.6. The fraction of sp³-hybridized carbons (Fsp3) is 0.500. The molecule has 1 saturated carbocycles. The molecule has 3 N–H and O–H groups in total. The minimum Gasteiger partial charge on any atom is -0.370 e. The van der Waals surface area contributed by atoms with Crippen LogP contribution in [0.1, 0.15) is 67.4 Å². The van der Waals surface area contributed by atoms with Gasteiger partial charge in [0.25, 0.3) is 0 Å². The molecule has 2 aromatic carbocycles. The van der Waals surface area contributed by atoms with E-state index in [0.717, 1.165) is 0 Å². The second-order valence-electron chi connectivity index (χ2n) is 10.2. The van der Waals surface area contributed by atoms with E-state index in [2.05, 4.69) is 5.32 Å². The van der Waals surface area contributed by atoms with Gasteiger partial charge in [-0.25, -0.2) is 4.39 Å². The van der Waals surface area contributed by atoms with Crippen molar-refractivity contribution in [3.63, 3.8) is 0 Å². The zero-order chi connectivity index (χ0) is 27.3. The lowest BCUT2D eigenvalue weighted by Crippen LogP contribution is -2.43. The molecule has 0 spiro atoms. The Morgan fingerprint density at radius 2 is 1.55 bits per heavy atom. The summed E-state index contributed by atoms with van der Waals surface area (Å²) in [6.07, 6.45) is -10.3. The Hall–Kier alpha value is -2.37. The molecular weight excluding hydrogens is 541 g/mol. The van der Waals surface area contributed by atoms with Gasteiger partial charge < -0.3 is 15.8 Å². The molecule has 1 saturated heterocycles. The van der Waals surface area contributed by atoms with Crippen LogP contribution in [0.5, 0.6) is 0 Å². The molecule has 4 rings (SSSR count). The Labute approximate surface area is 221 Å². The van der Waals surface area contributed by atoms with Crippen molar-refractivity contribution in [3.05, 3.63) is 70.5 Å². The summed E-state index contributed by atoms with van der Waals surface area (Å²) in [4.78, 5) is 12.3. The maximum Gasteiger partial charge on any atom is 0.416 e. The number of halogens is 8. The molecule has 0 radical (unpaired) electrons. The number of carbonyl (C=O) groups excluding carboxylic acids is 1. The van der Waals surface area contributed by atoms with Gasteiger partial charge in [-0.3, -0.25) is 4.79 Å². The Morgan fingerprint density at radius 1 is 1.00 bits per heavy atom. The number of hydrogen-bond acceptors (Lipinski definition) is 3. The van der Waals surface area contributed by atoms with Gasteiger partial charge in [0.05, 0.1) is 28.9 Å². The van der Waals surface area contributed by atoms with Gasteiger partial charge in [-0.1, -0.05) is 12.1 Å². The highest BCUT2D eigenvalue weighted by Gasteiger charge is 2.49. The van der Waals surface area contributed by atoms with Crippen LogP contribution in [0.2, 0.25) is 0 Å². The van der Waals surface area contributed by atoms with Gasteiger partial charge in [-0.05, 0) is 80.5 Å². The fourth-order valence-corrected chi connectivity index (χ4v) is 5.49. The highest BCUT2D eigenvalue weighted by atomic mass is 35.5. The molecule has 210 valence electrons. The van der Waals surface area contributed by atoms with E-state index in [1.54, 1.807) is 19.1 Å². The average molecular weight is 569 g/mol. The molecule has 6 atom stereocenters. The summed E-state index contributed by atoms with van der Waals surface area (Å²) in [5.74, 6) is -1.34. The van der Waals surface area contributed by atoms with Gasteiger partial charge in [0, 0.05) is 12.0 Å². The molecule has 4 nitrogen and oxygen atoms in total. The zero-order valence-corrected chi connectivity index (χ0v) is 21.3. The van der Waals surface area contributed by atoms with Crippen LogP contribution in [0, 0.1) is 11.7 Å². The van der Waals surface area contributed by atoms with Crippen LogP contribution in [-0.4, -0.2) is 23.6 Å². The number of ether oxygens (including phenoxy) is 1. The number of alkyl halides is 6. The Kier molecular flexibility index (Phi) is 8.46. The predicted molar refractivity (Wildman–Crippen MR) is 128 cm³/mol. The summed E-state index contributed by atoms with van der Waals surface area (Å²) in [5, 5.41) is 2.91. The van der Waals surface area contributed by atoms with Crippen molar-refractivity contribution in [2.45, 2.75) is 75.2 Å². The van der Waals surface area contributed by atoms with E-state index in [1.807, 2.05) is 0 Å². The lowest BCUT2D eigenvalue weighted by Gasteiger charge is -2.31. The van der Waals surface area contributed by atoms with Crippen molar-refractivity contribution in [1.29, 1.82) is 0 Å². The predicted octanol–water partition coefficient (Wildman–Crippen LogP) is 6.53. The smallest absolute Gasteiger partial charge is 0.370 e. The SMILES string of the molecule is C[C@@H](O[C@H]1CC[C@@H]([C@@H]2C[C@@](C)(N)C(=O)N2)[C@@H]1c1ccc(F)cc1)c1cc(C(F)(F)F)cc(C(F)(F)F)c1.Cl. The number of nitrogens with one attached hydrogen (secondary N) is 1. The summed E-state index contributed by atoms with van der Waals surface area (Å²) in [5.41, 5.74) is 2.63. The highest BCUT2D eigenvalue weighted by molar-refractivity contribution is 5.88. The second kappa shape index (κ2) is 10.7. The third-order valence-corrected chi connectivity index (χ3v) is 7.36. The summed E-state index contributed by atoms with van der Waals surface area (Å²) in [6, 6.07) is 6.78. The van der Waals surface area contributed by atoms with Crippen LogP contribution in [0.3, 0.4) is 0 Å². The largest absolute Gasteiger partial charge is 0.416 e. The molecule has 12 heteroatoms. The van der Waals surface area contributed by atoms with Crippen LogP contribution in [0.4, 0.5) is 30.7 Å². The van der Waals surface area contributed by atoms with E-state index in [0.29, 0.717) is 37.0 Å². The van der Waals surface area contributed by atoms with Crippen LogP contribution in [-0.2, 0) is 21.9 Å². The van der Waals surface area contributed by atoms with Gasteiger partial charge in [0.15, 0.2) is 0 Å². The van der Waals surface area contributed by atoms with E-state index >= 15 is 0 Å². The van der Waals surface area contributed by atoms with Crippen molar-refractivity contribution >= 4 is 18.3 Å². The van der Waals surface area contributed by atoms with Gasteiger partial charge in [0.2, 0.25) is 5.91 Å². The van der Waals surface area contributed by atoms with Crippen molar-refractivity contribution < 1.29 is 40.3 Å². The van der Waals surface area contributed by atoms with Crippen LogP contribution < -0.4 is 11.1 Å². The molecule has 0 unspecified atom stereocenters. The number of rotatable bonds is 5. The fourth-order valence-electron chi connectivity index (χ4n) is 5.49. The molecule has 2 aliphatic rings. The van der Waals surface area contributed by atoms with Crippen LogP contribution >= 0.6 is 12.4 Å². The second-order valence-corrected chi connectivity index (χ2v) is 10.2. The Bertz CT molecular complexity index is 1120. The third kappa shape index (κ3) is 6.26. The molecule has 1 amide bonds. The van der Waals surface area contributed by atoms with E-state index in [-0.39, 0.29) is 41.9 Å². The molecule has 1 heterocycles. The Morgan fingerprint density at radius 3 is 2.03 bits per heavy atom. The standard InChI is InChI=1S/C26H27F7N2O2.ClH/c1-13(15-9-16(25(28,29)30)11-17(10-15)26(31,32)33)37-21-8-7-19(20-12-24(2,34)23(36)35-20)22(21)14-3-5-18(27)6-4-14;/h3-6,9-11,13,19-22H,7-8,12,34H2,1-2H3,(H,35,36);1H/t13-,19+,20+,21+,22+,24-;/m1./s1. The molecule has 2 fully saturated rings. The molecule has 38 heavy (non-hydrogen) atoms. The zero-order valence-electron chi connectivity index (χ0n) is 20.5. The van der Waals surface area contributed by atoms with Crippen molar-refractivity contribution in [3.8, 4) is 0 Å². The number of carbonyl (C=O) groups is 1. The monoisotopic (exact) mass is 568 g/mol. The first kappa shape index (κ1) is 30.2. The summed E-state index contributed by atoms with van der Waals surface area (Å²) in [6.45, 7) is 3.02. The summed E-state index contributed by atoms with van der Waals surface area (Å²) in [7, 11) is 0. The van der Waals surface area contributed by atoms with Gasteiger partial charge in [-0.2, -0.15) is 26.3 Å². The molecule has 0 bridgehead atoms. The van der Waals surface area contributed by atoms with Crippen LogP contribution in [0.15, 0.2) is 42.5 Å². The molecule has 1 aliphatic heterocycles. The number of amides is 1. The molecular formula is C26H28ClF7N2O2. The van der Waals surface area contributed by atoms with Gasteiger partial charge >= 0.3 is 12.4 Å². The number of benzene rings is 2. The maximum atomic E-state index is 13.6. The summed E-state index contributed by atoms with van der Waals surface area (Å²) >= 11 is 0. The minimum absolute atomic E-state index is 0. The van der Waals surface area contributed by atoms with Crippen molar-refractivity contribution in [2.24, 2.45) is 11.7 Å². The van der Waals surface area contributed by atoms with E-state index in [9.17, 15) is 35.5 Å². The highest BCUT2D eigenvalue weighted by Crippen LogP contribution is 2.47. The first-order chi connectivity index (χ1) is 17.1. The number of nitrogens with two attached hydrogens (primary N) is 1. The Balaban J connectivity index is 0.00000400. The van der Waals surface area contributed by atoms with Gasteiger partial charge in [0.1, 0.15) is 5.82 Å². The molecule has 2 aromatic rings. The lowest BCUT2D eigenvalue weighted by atomic mass is 9.81. The molecule has 1 aliphatic carbocycles. The quantitative estimate of drug-likeness (QED) is 0.403. The summed E-state index contributed by atoms with van der Waals surface area (Å²) < 4.78 is 99.9.